The number of benzene rings is 2. The van der Waals surface area contributed by atoms with Crippen LogP contribution in [0.15, 0.2) is 54.7 Å². The van der Waals surface area contributed by atoms with Crippen LogP contribution in [0.3, 0.4) is 0 Å². The maximum atomic E-state index is 12.8. The van der Waals surface area contributed by atoms with Crippen molar-refractivity contribution in [3.63, 3.8) is 0 Å². The maximum Gasteiger partial charge on any atom is 0.257 e. The molecule has 1 aliphatic heterocycles. The molecule has 0 radical (unpaired) electrons. The zero-order valence-electron chi connectivity index (χ0n) is 14.1. The van der Waals surface area contributed by atoms with Crippen LogP contribution in [0.2, 0.25) is 5.02 Å². The third-order valence-corrected chi connectivity index (χ3v) is 4.92. The zero-order chi connectivity index (χ0) is 18.1. The molecule has 2 aromatic carbocycles. The van der Waals surface area contributed by atoms with Crippen molar-refractivity contribution < 1.29 is 9.90 Å². The number of carbonyl (C=O) groups is 1. The molecule has 1 amide bonds. The lowest BCUT2D eigenvalue weighted by molar-refractivity contribution is 0.0756. The molecule has 0 saturated heterocycles. The first-order chi connectivity index (χ1) is 12.6. The van der Waals surface area contributed by atoms with Crippen molar-refractivity contribution in [1.29, 1.82) is 0 Å². The molecule has 1 aromatic heterocycles. The van der Waals surface area contributed by atoms with E-state index < -0.39 is 0 Å². The predicted molar refractivity (Wildman–Crippen MR) is 100 cm³/mol. The number of imidazole rings is 1. The van der Waals surface area contributed by atoms with Gasteiger partial charge in [0.05, 0.1) is 17.5 Å². The number of nitrogens with zero attached hydrogens (tertiary/aromatic N) is 3. The molecule has 0 spiro atoms. The van der Waals surface area contributed by atoms with Gasteiger partial charge < -0.3 is 14.6 Å². The number of carbonyl (C=O) groups excluding carboxylic acids is 1. The van der Waals surface area contributed by atoms with E-state index >= 15 is 0 Å². The Bertz CT molecular complexity index is 953. The molecule has 6 heteroatoms. The van der Waals surface area contributed by atoms with Gasteiger partial charge in [-0.25, -0.2) is 4.98 Å². The third-order valence-electron chi connectivity index (χ3n) is 4.68. The minimum absolute atomic E-state index is 0.0497. The van der Waals surface area contributed by atoms with Gasteiger partial charge in [0, 0.05) is 31.1 Å². The molecule has 0 bridgehead atoms. The fraction of sp³-hybridized carbons (Fsp3) is 0.200. The van der Waals surface area contributed by atoms with Crippen molar-refractivity contribution in [1.82, 2.24) is 14.5 Å². The molecule has 1 aliphatic rings. The van der Waals surface area contributed by atoms with Crippen molar-refractivity contribution in [2.24, 2.45) is 0 Å². The van der Waals surface area contributed by atoms with E-state index in [0.29, 0.717) is 31.1 Å². The van der Waals surface area contributed by atoms with E-state index in [1.165, 1.54) is 12.1 Å². The van der Waals surface area contributed by atoms with Gasteiger partial charge in [0.25, 0.3) is 5.91 Å². The minimum atomic E-state index is -0.211. The summed E-state index contributed by atoms with van der Waals surface area (Å²) >= 11 is 5.98. The summed E-state index contributed by atoms with van der Waals surface area (Å²) in [6, 6.07) is 14.6. The number of phenolic OH excluding ortho intramolecular Hbond substituents is 1. The van der Waals surface area contributed by atoms with E-state index in [2.05, 4.69) is 21.7 Å². The summed E-state index contributed by atoms with van der Waals surface area (Å²) in [4.78, 5) is 19.1. The average molecular weight is 368 g/mol. The first-order valence-electron chi connectivity index (χ1n) is 8.51. The number of amides is 1. The normalized spacial score (nSPS) is 14.0. The Hall–Kier alpha value is -2.79. The van der Waals surface area contributed by atoms with Gasteiger partial charge in [0.15, 0.2) is 0 Å². The molecule has 3 aromatic rings. The highest BCUT2D eigenvalue weighted by atomic mass is 35.5. The zero-order valence-corrected chi connectivity index (χ0v) is 14.9. The maximum absolute atomic E-state index is 12.8. The van der Waals surface area contributed by atoms with Crippen LogP contribution < -0.4 is 0 Å². The lowest BCUT2D eigenvalue weighted by Crippen LogP contribution is -2.33. The number of fused-ring (bicyclic) bond motifs is 1. The van der Waals surface area contributed by atoms with Gasteiger partial charge in [-0.1, -0.05) is 41.9 Å². The second kappa shape index (κ2) is 6.84. The number of phenols is 1. The number of rotatable bonds is 2. The van der Waals surface area contributed by atoms with Gasteiger partial charge in [-0.05, 0) is 23.8 Å². The second-order valence-electron chi connectivity index (χ2n) is 6.28. The predicted octanol–water partition coefficient (Wildman–Crippen LogP) is 3.61. The molecule has 2 heterocycles. The molecular weight excluding hydrogens is 350 g/mol. The van der Waals surface area contributed by atoms with Crippen LogP contribution >= 0.6 is 11.6 Å². The summed E-state index contributed by atoms with van der Waals surface area (Å²) in [7, 11) is 0. The Morgan fingerprint density at radius 1 is 1.08 bits per heavy atom. The van der Waals surface area contributed by atoms with Gasteiger partial charge in [-0.15, -0.1) is 0 Å². The molecule has 132 valence electrons. The van der Waals surface area contributed by atoms with Gasteiger partial charge in [0.1, 0.15) is 11.6 Å². The highest BCUT2D eigenvalue weighted by Crippen LogP contribution is 2.25. The van der Waals surface area contributed by atoms with Crippen molar-refractivity contribution in [3.8, 4) is 17.0 Å². The van der Waals surface area contributed by atoms with Gasteiger partial charge in [0.2, 0.25) is 0 Å². The number of halogens is 1. The van der Waals surface area contributed by atoms with Crippen LogP contribution in [-0.4, -0.2) is 38.6 Å². The first-order valence-corrected chi connectivity index (χ1v) is 8.89. The largest absolute Gasteiger partial charge is 0.507 e. The Balaban J connectivity index is 1.58. The number of aromatic nitrogens is 2. The molecule has 0 atom stereocenters. The standard InChI is InChI=1S/C20H18ClN3O2/c21-15-6-7-18(25)16(12-15)20(26)23-9-8-19-22-13-17(24(19)11-10-23)14-4-2-1-3-5-14/h1-7,12-13,25H,8-11H2. The molecule has 4 rings (SSSR count). The van der Waals surface area contributed by atoms with Crippen molar-refractivity contribution >= 4 is 17.5 Å². The third kappa shape index (κ3) is 3.06. The second-order valence-corrected chi connectivity index (χ2v) is 6.72. The summed E-state index contributed by atoms with van der Waals surface area (Å²) in [6.45, 7) is 1.76. The highest BCUT2D eigenvalue weighted by Gasteiger charge is 2.24. The van der Waals surface area contributed by atoms with Crippen LogP contribution in [0.5, 0.6) is 5.75 Å². The Labute approximate surface area is 156 Å². The van der Waals surface area contributed by atoms with E-state index in [0.717, 1.165) is 17.1 Å². The van der Waals surface area contributed by atoms with Crippen LogP contribution in [-0.2, 0) is 13.0 Å². The Morgan fingerprint density at radius 2 is 1.88 bits per heavy atom. The average Bonchev–Trinajstić information content (AvgIpc) is 2.95. The number of hydrogen-bond acceptors (Lipinski definition) is 3. The van der Waals surface area contributed by atoms with Crippen molar-refractivity contribution in [2.75, 3.05) is 13.1 Å². The smallest absolute Gasteiger partial charge is 0.257 e. The summed E-state index contributed by atoms with van der Waals surface area (Å²) < 4.78 is 2.17. The molecular formula is C20H18ClN3O2. The topological polar surface area (TPSA) is 58.4 Å². The molecule has 0 saturated carbocycles. The fourth-order valence-electron chi connectivity index (χ4n) is 3.32. The van der Waals surface area contributed by atoms with E-state index in [-0.39, 0.29) is 17.2 Å². The number of aromatic hydroxyl groups is 1. The number of hydrogen-bond donors (Lipinski definition) is 1. The quantitative estimate of drug-likeness (QED) is 0.752. The molecule has 5 nitrogen and oxygen atoms in total. The van der Waals surface area contributed by atoms with Crippen molar-refractivity contribution in [2.45, 2.75) is 13.0 Å². The van der Waals surface area contributed by atoms with E-state index in [1.807, 2.05) is 24.4 Å². The molecule has 0 fully saturated rings. The van der Waals surface area contributed by atoms with Crippen molar-refractivity contribution in [3.05, 3.63) is 71.1 Å². The molecule has 26 heavy (non-hydrogen) atoms. The Morgan fingerprint density at radius 3 is 2.69 bits per heavy atom. The fourth-order valence-corrected chi connectivity index (χ4v) is 3.49. The first kappa shape index (κ1) is 16.7. The molecule has 1 N–H and O–H groups in total. The van der Waals surface area contributed by atoms with Crippen LogP contribution in [0.4, 0.5) is 0 Å². The minimum Gasteiger partial charge on any atom is -0.507 e. The SMILES string of the molecule is O=C(c1cc(Cl)ccc1O)N1CCc2ncc(-c3ccccc3)n2CC1. The molecule has 0 aliphatic carbocycles. The van der Waals surface area contributed by atoms with Crippen LogP contribution in [0, 0.1) is 0 Å². The van der Waals surface area contributed by atoms with Gasteiger partial charge in [-0.3, -0.25) is 4.79 Å². The van der Waals surface area contributed by atoms with Gasteiger partial charge in [-0.2, -0.15) is 0 Å². The highest BCUT2D eigenvalue weighted by molar-refractivity contribution is 6.31. The summed E-state index contributed by atoms with van der Waals surface area (Å²) in [5.41, 5.74) is 2.40. The van der Waals surface area contributed by atoms with Crippen LogP contribution in [0.1, 0.15) is 16.2 Å². The lowest BCUT2D eigenvalue weighted by Gasteiger charge is -2.21. The monoisotopic (exact) mass is 367 g/mol. The lowest BCUT2D eigenvalue weighted by atomic mass is 10.1. The summed E-state index contributed by atoms with van der Waals surface area (Å²) in [5.74, 6) is 0.706. The summed E-state index contributed by atoms with van der Waals surface area (Å²) in [5, 5.41) is 10.4. The van der Waals surface area contributed by atoms with Gasteiger partial charge >= 0.3 is 0 Å². The van der Waals surface area contributed by atoms with E-state index in [1.54, 1.807) is 11.0 Å². The van der Waals surface area contributed by atoms with Crippen LogP contribution in [0.25, 0.3) is 11.3 Å². The van der Waals surface area contributed by atoms with E-state index in [9.17, 15) is 9.90 Å². The Kier molecular flexibility index (Phi) is 4.39. The van der Waals surface area contributed by atoms with E-state index in [4.69, 9.17) is 11.6 Å². The summed E-state index contributed by atoms with van der Waals surface area (Å²) in [6.07, 6.45) is 2.56. The molecule has 0 unspecified atom stereocenters.